The first-order valence-corrected chi connectivity index (χ1v) is 6.72. The lowest BCUT2D eigenvalue weighted by molar-refractivity contribution is 0.103. The molecule has 3 nitrogen and oxygen atoms in total. The smallest absolute Gasteiger partial charge is 0.205 e. The van der Waals surface area contributed by atoms with Gasteiger partial charge in [-0.05, 0) is 24.3 Å². The van der Waals surface area contributed by atoms with Gasteiger partial charge in [-0.25, -0.2) is 0 Å². The van der Waals surface area contributed by atoms with E-state index in [1.807, 2.05) is 42.5 Å². The number of nitrogens with zero attached hydrogens (tertiary/aromatic N) is 1. The molecule has 0 atom stereocenters. The molecule has 0 aliphatic rings. The average Bonchev–Trinajstić information content (AvgIpc) is 2.48. The van der Waals surface area contributed by atoms with E-state index < -0.39 is 0 Å². The minimum absolute atomic E-state index is 0.0620. The van der Waals surface area contributed by atoms with Gasteiger partial charge in [-0.15, -0.1) is 0 Å². The molecule has 2 aromatic carbocycles. The fraction of sp³-hybridized carbons (Fsp3) is 0. The summed E-state index contributed by atoms with van der Waals surface area (Å²) < 4.78 is 0.802. The molecule has 0 saturated carbocycles. The van der Waals surface area contributed by atoms with Gasteiger partial charge in [0.1, 0.15) is 11.6 Å². The van der Waals surface area contributed by atoms with Crippen LogP contribution in [-0.4, -0.2) is 5.78 Å². The number of carbonyl (C=O) groups is 1. The summed E-state index contributed by atoms with van der Waals surface area (Å²) in [5.74, 6) is -0.308. The van der Waals surface area contributed by atoms with E-state index in [1.165, 1.54) is 6.20 Å². The zero-order valence-corrected chi connectivity index (χ0v) is 12.1. The first-order chi connectivity index (χ1) is 9.70. The van der Waals surface area contributed by atoms with Gasteiger partial charge >= 0.3 is 0 Å². The van der Waals surface area contributed by atoms with Crippen molar-refractivity contribution in [1.29, 1.82) is 5.26 Å². The topological polar surface area (TPSA) is 52.9 Å². The summed E-state index contributed by atoms with van der Waals surface area (Å²) in [6.07, 6.45) is 1.43. The minimum Gasteiger partial charge on any atom is -0.360 e. The molecule has 0 amide bonds. The third-order valence-corrected chi connectivity index (χ3v) is 3.10. The molecule has 0 saturated heterocycles. The molecule has 2 aromatic rings. The highest BCUT2D eigenvalue weighted by Crippen LogP contribution is 2.15. The molecule has 0 bridgehead atoms. The maximum absolute atomic E-state index is 12.2. The number of benzene rings is 2. The molecule has 20 heavy (non-hydrogen) atoms. The molecule has 98 valence electrons. The lowest BCUT2D eigenvalue weighted by Gasteiger charge is -2.02. The van der Waals surface area contributed by atoms with Gasteiger partial charge in [0, 0.05) is 21.9 Å². The molecule has 1 N–H and O–H groups in total. The first-order valence-electron chi connectivity index (χ1n) is 5.93. The molecule has 0 fully saturated rings. The summed E-state index contributed by atoms with van der Waals surface area (Å²) in [4.78, 5) is 12.2. The third kappa shape index (κ3) is 3.56. The minimum atomic E-state index is -0.308. The number of hydrogen-bond acceptors (Lipinski definition) is 3. The van der Waals surface area contributed by atoms with Crippen molar-refractivity contribution in [1.82, 2.24) is 0 Å². The van der Waals surface area contributed by atoms with E-state index in [-0.39, 0.29) is 11.4 Å². The number of hydrogen-bond donors (Lipinski definition) is 1. The third-order valence-electron chi connectivity index (χ3n) is 2.61. The summed E-state index contributed by atoms with van der Waals surface area (Å²) in [6, 6.07) is 18.2. The molecule has 0 aliphatic carbocycles. The SMILES string of the molecule is N#CC(=CNc1ccccc1)C(=O)c1cccc(Br)c1. The number of anilines is 1. The Morgan fingerprint density at radius 2 is 1.90 bits per heavy atom. The Morgan fingerprint density at radius 3 is 2.55 bits per heavy atom. The van der Waals surface area contributed by atoms with E-state index in [1.54, 1.807) is 18.2 Å². The monoisotopic (exact) mass is 326 g/mol. The number of allylic oxidation sites excluding steroid dienone is 1. The van der Waals surface area contributed by atoms with E-state index in [9.17, 15) is 4.79 Å². The molecule has 0 aliphatic heterocycles. The number of nitriles is 1. The van der Waals surface area contributed by atoms with Gasteiger partial charge in [-0.3, -0.25) is 4.79 Å². The predicted molar refractivity (Wildman–Crippen MR) is 82.2 cm³/mol. The van der Waals surface area contributed by atoms with Crippen LogP contribution in [0.15, 0.2) is 70.8 Å². The zero-order chi connectivity index (χ0) is 14.4. The summed E-state index contributed by atoms with van der Waals surface area (Å²) in [5, 5.41) is 12.1. The first kappa shape index (κ1) is 14.0. The van der Waals surface area contributed by atoms with Gasteiger partial charge < -0.3 is 5.32 Å². The Morgan fingerprint density at radius 1 is 1.15 bits per heavy atom. The van der Waals surface area contributed by atoms with Crippen molar-refractivity contribution >= 4 is 27.4 Å². The van der Waals surface area contributed by atoms with E-state index in [0.29, 0.717) is 5.56 Å². The van der Waals surface area contributed by atoms with Gasteiger partial charge in [-0.2, -0.15) is 5.26 Å². The van der Waals surface area contributed by atoms with Crippen LogP contribution >= 0.6 is 15.9 Å². The van der Waals surface area contributed by atoms with Crippen molar-refractivity contribution in [3.63, 3.8) is 0 Å². The van der Waals surface area contributed by atoms with Crippen molar-refractivity contribution in [3.05, 3.63) is 76.4 Å². The van der Waals surface area contributed by atoms with Crippen molar-refractivity contribution in [2.75, 3.05) is 5.32 Å². The quantitative estimate of drug-likeness (QED) is 0.521. The normalized spacial score (nSPS) is 10.7. The molecule has 0 radical (unpaired) electrons. The van der Waals surface area contributed by atoms with Crippen LogP contribution in [0.1, 0.15) is 10.4 Å². The highest BCUT2D eigenvalue weighted by atomic mass is 79.9. The van der Waals surface area contributed by atoms with Crippen molar-refractivity contribution in [2.45, 2.75) is 0 Å². The molecule has 2 rings (SSSR count). The Labute approximate surface area is 125 Å². The van der Waals surface area contributed by atoms with Gasteiger partial charge in [-0.1, -0.05) is 46.3 Å². The molecule has 0 heterocycles. The number of ketones is 1. The van der Waals surface area contributed by atoms with Crippen LogP contribution in [0.5, 0.6) is 0 Å². The highest BCUT2D eigenvalue weighted by Gasteiger charge is 2.12. The van der Waals surface area contributed by atoms with Gasteiger partial charge in [0.25, 0.3) is 0 Å². The second-order valence-electron chi connectivity index (χ2n) is 4.02. The average molecular weight is 327 g/mol. The Hall–Kier alpha value is -2.38. The maximum atomic E-state index is 12.2. The van der Waals surface area contributed by atoms with E-state index in [4.69, 9.17) is 5.26 Å². The number of rotatable bonds is 4. The molecule has 0 unspecified atom stereocenters. The van der Waals surface area contributed by atoms with Crippen LogP contribution in [-0.2, 0) is 0 Å². The van der Waals surface area contributed by atoms with Gasteiger partial charge in [0.05, 0.1) is 0 Å². The lowest BCUT2D eigenvalue weighted by Crippen LogP contribution is -2.04. The van der Waals surface area contributed by atoms with Crippen LogP contribution in [0, 0.1) is 11.3 Å². The standard InChI is InChI=1S/C16H11BrN2O/c17-14-6-4-5-12(9-14)16(20)13(10-18)11-19-15-7-2-1-3-8-15/h1-9,11,19H. The summed E-state index contributed by atoms with van der Waals surface area (Å²) in [7, 11) is 0. The zero-order valence-electron chi connectivity index (χ0n) is 10.5. The van der Waals surface area contributed by atoms with Crippen molar-refractivity contribution in [3.8, 4) is 6.07 Å². The summed E-state index contributed by atoms with van der Waals surface area (Å²) in [6.45, 7) is 0. The van der Waals surface area contributed by atoms with Crippen LogP contribution in [0.25, 0.3) is 0 Å². The maximum Gasteiger partial charge on any atom is 0.205 e. The predicted octanol–water partition coefficient (Wildman–Crippen LogP) is 4.15. The Balaban J connectivity index is 2.20. The molecule has 0 aromatic heterocycles. The van der Waals surface area contributed by atoms with Crippen LogP contribution < -0.4 is 5.32 Å². The number of halogens is 1. The molecular weight excluding hydrogens is 316 g/mol. The van der Waals surface area contributed by atoms with Crippen LogP contribution in [0.4, 0.5) is 5.69 Å². The Kier molecular flexibility index (Phi) is 4.70. The second-order valence-corrected chi connectivity index (χ2v) is 4.94. The van der Waals surface area contributed by atoms with Crippen molar-refractivity contribution in [2.24, 2.45) is 0 Å². The van der Waals surface area contributed by atoms with Crippen molar-refractivity contribution < 1.29 is 4.79 Å². The molecular formula is C16H11BrN2O. The largest absolute Gasteiger partial charge is 0.360 e. The van der Waals surface area contributed by atoms with Crippen LogP contribution in [0.3, 0.4) is 0 Å². The van der Waals surface area contributed by atoms with E-state index in [0.717, 1.165) is 10.2 Å². The number of carbonyl (C=O) groups excluding carboxylic acids is 1. The Bertz CT molecular complexity index is 687. The number of nitrogens with one attached hydrogen (secondary N) is 1. The highest BCUT2D eigenvalue weighted by molar-refractivity contribution is 9.10. The summed E-state index contributed by atoms with van der Waals surface area (Å²) >= 11 is 3.31. The fourth-order valence-electron chi connectivity index (χ4n) is 1.62. The van der Waals surface area contributed by atoms with Crippen LogP contribution in [0.2, 0.25) is 0 Å². The molecule has 0 spiro atoms. The van der Waals surface area contributed by atoms with E-state index >= 15 is 0 Å². The van der Waals surface area contributed by atoms with E-state index in [2.05, 4.69) is 21.2 Å². The summed E-state index contributed by atoms with van der Waals surface area (Å²) in [5.41, 5.74) is 1.36. The lowest BCUT2D eigenvalue weighted by atomic mass is 10.1. The van der Waals surface area contributed by atoms with Gasteiger partial charge in [0.15, 0.2) is 0 Å². The number of para-hydroxylation sites is 1. The second kappa shape index (κ2) is 6.69. The molecule has 4 heteroatoms. The fourth-order valence-corrected chi connectivity index (χ4v) is 2.02. The van der Waals surface area contributed by atoms with Gasteiger partial charge in [0.2, 0.25) is 5.78 Å². The number of Topliss-reactive ketones (excluding diaryl/α,β-unsaturated/α-hetero) is 1.